The number of carbonyl (C=O) groups is 1. The maximum Gasteiger partial charge on any atom is 0.248 e. The maximum absolute atomic E-state index is 13.0. The molecule has 0 aromatic carbocycles. The average molecular weight is 272 g/mol. The Morgan fingerprint density at radius 1 is 1.40 bits per heavy atom. The number of amides is 1. The topological polar surface area (TPSA) is 45.5 Å². The van der Waals surface area contributed by atoms with Gasteiger partial charge in [-0.15, -0.1) is 0 Å². The van der Waals surface area contributed by atoms with E-state index in [1.807, 2.05) is 7.05 Å². The molecule has 1 N–H and O–H groups in total. The van der Waals surface area contributed by atoms with Gasteiger partial charge in [-0.2, -0.15) is 0 Å². The van der Waals surface area contributed by atoms with Crippen molar-refractivity contribution in [1.29, 1.82) is 0 Å². The largest absolute Gasteiger partial charge is 0.467 e. The molecule has 0 radical (unpaired) electrons. The molecule has 4 rings (SSSR count). The van der Waals surface area contributed by atoms with Gasteiger partial charge in [-0.25, -0.2) is 0 Å². The fourth-order valence-corrected chi connectivity index (χ4v) is 4.06. The number of nitrogens with one attached hydrogen (secondary N) is 1. The van der Waals surface area contributed by atoms with Crippen molar-refractivity contribution in [3.8, 4) is 0 Å². The normalized spacial score (nSPS) is 35.5. The Kier molecular flexibility index (Phi) is 2.74. The van der Waals surface area contributed by atoms with Crippen molar-refractivity contribution in [3.05, 3.63) is 35.8 Å². The van der Waals surface area contributed by atoms with Crippen LogP contribution in [0.2, 0.25) is 0 Å². The first kappa shape index (κ1) is 12.2. The van der Waals surface area contributed by atoms with Crippen LogP contribution < -0.4 is 5.32 Å². The zero-order valence-corrected chi connectivity index (χ0v) is 11.7. The fraction of sp³-hybridized carbons (Fsp3) is 0.562. The molecule has 2 heterocycles. The van der Waals surface area contributed by atoms with Gasteiger partial charge in [0.05, 0.1) is 12.3 Å². The number of likely N-dealkylation sites (N-methyl/N-ethyl adjacent to an activating group) is 1. The van der Waals surface area contributed by atoms with Crippen LogP contribution in [0.25, 0.3) is 0 Å². The smallest absolute Gasteiger partial charge is 0.248 e. The summed E-state index contributed by atoms with van der Waals surface area (Å²) in [5.41, 5.74) is 1.24. The van der Waals surface area contributed by atoms with Crippen LogP contribution in [0.15, 0.2) is 28.9 Å². The molecule has 2 aliphatic carbocycles. The van der Waals surface area contributed by atoms with Crippen LogP contribution >= 0.6 is 0 Å². The molecule has 20 heavy (non-hydrogen) atoms. The summed E-state index contributed by atoms with van der Waals surface area (Å²) >= 11 is 0. The molecule has 1 fully saturated rings. The minimum Gasteiger partial charge on any atom is -0.467 e. The van der Waals surface area contributed by atoms with Gasteiger partial charge in [-0.3, -0.25) is 4.79 Å². The third-order valence-electron chi connectivity index (χ3n) is 5.11. The second-order valence-corrected chi connectivity index (χ2v) is 6.04. The predicted octanol–water partition coefficient (Wildman–Crippen LogP) is 2.35. The highest BCUT2D eigenvalue weighted by Gasteiger charge is 2.46. The first-order valence-corrected chi connectivity index (χ1v) is 7.54. The summed E-state index contributed by atoms with van der Waals surface area (Å²) < 4.78 is 5.67. The zero-order chi connectivity index (χ0) is 13.7. The van der Waals surface area contributed by atoms with E-state index in [0.717, 1.165) is 25.0 Å². The van der Waals surface area contributed by atoms with Gasteiger partial charge in [0.15, 0.2) is 0 Å². The van der Waals surface area contributed by atoms with Gasteiger partial charge in [-0.05, 0) is 32.4 Å². The minimum atomic E-state index is -0.334. The second kappa shape index (κ2) is 4.48. The van der Waals surface area contributed by atoms with E-state index in [1.165, 1.54) is 12.0 Å². The van der Waals surface area contributed by atoms with Crippen LogP contribution in [0.1, 0.15) is 49.0 Å². The van der Waals surface area contributed by atoms with Crippen LogP contribution in [0.4, 0.5) is 0 Å². The highest BCUT2D eigenvalue weighted by Crippen LogP contribution is 2.46. The summed E-state index contributed by atoms with van der Waals surface area (Å²) in [6.45, 7) is 0. The van der Waals surface area contributed by atoms with Gasteiger partial charge in [0.1, 0.15) is 11.8 Å². The van der Waals surface area contributed by atoms with Crippen LogP contribution in [-0.4, -0.2) is 29.9 Å². The van der Waals surface area contributed by atoms with Gasteiger partial charge in [0, 0.05) is 17.5 Å². The highest BCUT2D eigenvalue weighted by atomic mass is 16.3. The molecule has 4 nitrogen and oxygen atoms in total. The Balaban J connectivity index is 1.82. The van der Waals surface area contributed by atoms with Crippen molar-refractivity contribution >= 4 is 5.91 Å². The second-order valence-electron chi connectivity index (χ2n) is 6.04. The molecular weight excluding hydrogens is 252 g/mol. The summed E-state index contributed by atoms with van der Waals surface area (Å²) in [4.78, 5) is 15.1. The van der Waals surface area contributed by atoms with E-state index in [4.69, 9.17) is 4.42 Å². The minimum absolute atomic E-state index is 0.174. The van der Waals surface area contributed by atoms with Crippen molar-refractivity contribution in [1.82, 2.24) is 10.2 Å². The molecule has 4 heteroatoms. The first-order valence-electron chi connectivity index (χ1n) is 7.54. The van der Waals surface area contributed by atoms with Gasteiger partial charge in [0.2, 0.25) is 5.91 Å². The van der Waals surface area contributed by atoms with Crippen molar-refractivity contribution in [2.24, 2.45) is 0 Å². The molecule has 0 saturated heterocycles. The van der Waals surface area contributed by atoms with Gasteiger partial charge in [0.25, 0.3) is 0 Å². The summed E-state index contributed by atoms with van der Waals surface area (Å²) in [7, 11) is 1.84. The maximum atomic E-state index is 13.0. The lowest BCUT2D eigenvalue weighted by molar-refractivity contribution is -0.138. The Hall–Kier alpha value is -1.55. The molecule has 4 atom stereocenters. The Morgan fingerprint density at radius 2 is 2.25 bits per heavy atom. The van der Waals surface area contributed by atoms with Crippen molar-refractivity contribution in [3.63, 3.8) is 0 Å². The van der Waals surface area contributed by atoms with E-state index >= 15 is 0 Å². The molecule has 0 spiro atoms. The van der Waals surface area contributed by atoms with Crippen molar-refractivity contribution in [2.75, 3.05) is 7.05 Å². The van der Waals surface area contributed by atoms with Crippen LogP contribution in [0, 0.1) is 0 Å². The summed E-state index contributed by atoms with van der Waals surface area (Å²) in [6, 6.07) is 2.36. The quantitative estimate of drug-likeness (QED) is 0.841. The lowest BCUT2D eigenvalue weighted by atomic mass is 9.92. The molecule has 1 amide bonds. The Morgan fingerprint density at radius 3 is 2.95 bits per heavy atom. The summed E-state index contributed by atoms with van der Waals surface area (Å²) in [5.74, 6) is 1.45. The number of hydrogen-bond donors (Lipinski definition) is 1. The summed E-state index contributed by atoms with van der Waals surface area (Å²) in [6.07, 6.45) is 10.5. The van der Waals surface area contributed by atoms with Gasteiger partial charge < -0.3 is 14.6 Å². The third kappa shape index (κ3) is 1.54. The number of hydrogen-bond acceptors (Lipinski definition) is 3. The molecule has 1 aliphatic heterocycles. The third-order valence-corrected chi connectivity index (χ3v) is 5.11. The number of carbonyl (C=O) groups excluding carboxylic acids is 1. The SMILES string of the molecule is CNC1C(=O)N(C2C=CC2)C2CCCC2c2ccoc21. The van der Waals surface area contributed by atoms with E-state index in [-0.39, 0.29) is 18.0 Å². The number of nitrogens with zero attached hydrogens (tertiary/aromatic N) is 1. The molecule has 0 bridgehead atoms. The van der Waals surface area contributed by atoms with E-state index in [2.05, 4.69) is 28.4 Å². The monoisotopic (exact) mass is 272 g/mol. The number of furan rings is 1. The van der Waals surface area contributed by atoms with E-state index in [9.17, 15) is 4.79 Å². The average Bonchev–Trinajstić information content (AvgIpc) is 3.00. The Labute approximate surface area is 118 Å². The van der Waals surface area contributed by atoms with Crippen molar-refractivity contribution in [2.45, 2.75) is 49.7 Å². The highest BCUT2D eigenvalue weighted by molar-refractivity contribution is 5.85. The van der Waals surface area contributed by atoms with Gasteiger partial charge in [-0.1, -0.05) is 18.6 Å². The van der Waals surface area contributed by atoms with E-state index in [1.54, 1.807) is 6.26 Å². The van der Waals surface area contributed by atoms with Crippen LogP contribution in [0.3, 0.4) is 0 Å². The first-order chi connectivity index (χ1) is 9.81. The predicted molar refractivity (Wildman–Crippen MR) is 75.3 cm³/mol. The zero-order valence-electron chi connectivity index (χ0n) is 11.7. The Bertz CT molecular complexity index is 563. The number of rotatable bonds is 2. The molecule has 4 unspecified atom stereocenters. The van der Waals surface area contributed by atoms with Crippen LogP contribution in [0.5, 0.6) is 0 Å². The molecule has 1 saturated carbocycles. The fourth-order valence-electron chi connectivity index (χ4n) is 4.06. The standard InChI is InChI=1S/C16H20N2O2/c1-17-14-15-12(8-9-20-15)11-6-3-7-13(11)18(16(14)19)10-4-2-5-10/h2,4,8-11,13-14,17H,3,5-7H2,1H3. The molecular formula is C16H20N2O2. The molecule has 1 aromatic rings. The molecule has 3 aliphatic rings. The van der Waals surface area contributed by atoms with Gasteiger partial charge >= 0.3 is 0 Å². The van der Waals surface area contributed by atoms with E-state index in [0.29, 0.717) is 12.0 Å². The van der Waals surface area contributed by atoms with E-state index < -0.39 is 0 Å². The summed E-state index contributed by atoms with van der Waals surface area (Å²) in [5, 5.41) is 3.15. The lowest BCUT2D eigenvalue weighted by Gasteiger charge is -2.39. The number of fused-ring (bicyclic) bond motifs is 3. The molecule has 1 aromatic heterocycles. The van der Waals surface area contributed by atoms with Crippen molar-refractivity contribution < 1.29 is 9.21 Å². The molecule has 106 valence electrons. The van der Waals surface area contributed by atoms with Crippen LogP contribution in [-0.2, 0) is 4.79 Å². The lowest BCUT2D eigenvalue weighted by Crippen LogP contribution is -2.50.